The van der Waals surface area contributed by atoms with Gasteiger partial charge in [-0.05, 0) is 77.4 Å². The summed E-state index contributed by atoms with van der Waals surface area (Å²) in [6, 6.07) is 69.9. The highest BCUT2D eigenvalue weighted by molar-refractivity contribution is 6.13. The molecule has 0 unspecified atom stereocenters. The molecule has 64 heavy (non-hydrogen) atoms. The van der Waals surface area contributed by atoms with Crippen LogP contribution in [0.3, 0.4) is 0 Å². The summed E-state index contributed by atoms with van der Waals surface area (Å²) in [5.41, 5.74) is 17.0. The van der Waals surface area contributed by atoms with Gasteiger partial charge in [-0.25, -0.2) is 0 Å². The molecule has 0 amide bonds. The summed E-state index contributed by atoms with van der Waals surface area (Å²) in [6.07, 6.45) is 7.68. The molecular formula is C58H36N6. The number of nitriles is 1. The van der Waals surface area contributed by atoms with E-state index in [1.54, 1.807) is 0 Å². The SMILES string of the molecule is N#Cc1ccc(-c2c(-n3c4ccccc4c4cc(-c5cccnc5-c5ccccc5)ccc43)cncc2-n2c3ccccc3c3cc(-c4cccnc4-c4ccccc4)ccc32)cc1. The lowest BCUT2D eigenvalue weighted by Gasteiger charge is -2.19. The first-order valence-electron chi connectivity index (χ1n) is 21.3. The van der Waals surface area contributed by atoms with Gasteiger partial charge in [0.05, 0.1) is 68.9 Å². The molecule has 6 nitrogen and oxygen atoms in total. The van der Waals surface area contributed by atoms with Crippen molar-refractivity contribution in [1.82, 2.24) is 24.1 Å². The summed E-state index contributed by atoms with van der Waals surface area (Å²) in [5.74, 6) is 0. The number of fused-ring (bicyclic) bond motifs is 6. The highest BCUT2D eigenvalue weighted by atomic mass is 15.0. The van der Waals surface area contributed by atoms with Crippen LogP contribution in [0.15, 0.2) is 219 Å². The van der Waals surface area contributed by atoms with Gasteiger partial charge in [-0.15, -0.1) is 0 Å². The smallest absolute Gasteiger partial charge is 0.0991 e. The number of nitrogens with zero attached hydrogens (tertiary/aromatic N) is 6. The maximum atomic E-state index is 9.88. The van der Waals surface area contributed by atoms with E-state index in [0.717, 1.165) is 111 Å². The number of para-hydroxylation sites is 2. The molecule has 6 heteroatoms. The molecule has 0 aliphatic carbocycles. The quantitative estimate of drug-likeness (QED) is 0.161. The molecule has 0 aliphatic rings. The van der Waals surface area contributed by atoms with Crippen LogP contribution in [0.5, 0.6) is 0 Å². The van der Waals surface area contributed by atoms with E-state index >= 15 is 0 Å². The Balaban J connectivity index is 1.10. The predicted octanol–water partition coefficient (Wildman–Crippen LogP) is 14.3. The number of rotatable bonds is 7. The molecule has 5 heterocycles. The lowest BCUT2D eigenvalue weighted by molar-refractivity contribution is 1.09. The Hall–Kier alpha value is -8.92. The lowest BCUT2D eigenvalue weighted by Crippen LogP contribution is -2.05. The molecule has 0 radical (unpaired) electrons. The maximum Gasteiger partial charge on any atom is 0.0991 e. The average molecular weight is 817 g/mol. The van der Waals surface area contributed by atoms with Gasteiger partial charge in [0.15, 0.2) is 0 Å². The van der Waals surface area contributed by atoms with Crippen LogP contribution < -0.4 is 0 Å². The fourth-order valence-corrected chi connectivity index (χ4v) is 9.51. The summed E-state index contributed by atoms with van der Waals surface area (Å²) in [5, 5.41) is 14.4. The number of benzene rings is 7. The summed E-state index contributed by atoms with van der Waals surface area (Å²) >= 11 is 0. The van der Waals surface area contributed by atoms with Crippen molar-refractivity contribution in [2.75, 3.05) is 0 Å². The van der Waals surface area contributed by atoms with E-state index in [9.17, 15) is 5.26 Å². The molecule has 12 rings (SSSR count). The van der Waals surface area contributed by atoms with Crippen molar-refractivity contribution in [1.29, 1.82) is 5.26 Å². The normalized spacial score (nSPS) is 11.4. The van der Waals surface area contributed by atoms with Crippen molar-refractivity contribution in [3.63, 3.8) is 0 Å². The van der Waals surface area contributed by atoms with E-state index in [1.165, 1.54) is 0 Å². The highest BCUT2D eigenvalue weighted by Crippen LogP contribution is 2.44. The maximum absolute atomic E-state index is 9.88. The second kappa shape index (κ2) is 15.2. The van der Waals surface area contributed by atoms with Gasteiger partial charge < -0.3 is 9.13 Å². The van der Waals surface area contributed by atoms with Gasteiger partial charge in [-0.3, -0.25) is 15.0 Å². The Morgan fingerprint density at radius 3 is 1.30 bits per heavy atom. The van der Waals surface area contributed by atoms with E-state index in [2.05, 4.69) is 173 Å². The van der Waals surface area contributed by atoms with Gasteiger partial charge in [-0.1, -0.05) is 133 Å². The van der Waals surface area contributed by atoms with Crippen molar-refractivity contribution < 1.29 is 0 Å². The van der Waals surface area contributed by atoms with Crippen molar-refractivity contribution >= 4 is 43.6 Å². The van der Waals surface area contributed by atoms with Gasteiger partial charge in [0.25, 0.3) is 0 Å². The first kappa shape index (κ1) is 36.9. The molecular weight excluding hydrogens is 781 g/mol. The fourth-order valence-electron chi connectivity index (χ4n) is 9.51. The first-order chi connectivity index (χ1) is 31.7. The number of pyridine rings is 3. The van der Waals surface area contributed by atoms with Crippen LogP contribution in [-0.4, -0.2) is 24.1 Å². The minimum Gasteiger partial charge on any atom is -0.307 e. The molecule has 0 fully saturated rings. The number of hydrogen-bond donors (Lipinski definition) is 0. The molecule has 7 aromatic carbocycles. The van der Waals surface area contributed by atoms with Crippen molar-refractivity contribution in [3.05, 3.63) is 224 Å². The summed E-state index contributed by atoms with van der Waals surface area (Å²) in [6.45, 7) is 0. The van der Waals surface area contributed by atoms with Crippen LogP contribution in [-0.2, 0) is 0 Å². The number of aromatic nitrogens is 5. The van der Waals surface area contributed by atoms with Gasteiger partial charge in [0.1, 0.15) is 0 Å². The van der Waals surface area contributed by atoms with Crippen LogP contribution in [0.2, 0.25) is 0 Å². The van der Waals surface area contributed by atoms with Crippen LogP contribution >= 0.6 is 0 Å². The van der Waals surface area contributed by atoms with E-state index in [0.29, 0.717) is 5.56 Å². The molecule has 0 N–H and O–H groups in total. The summed E-state index contributed by atoms with van der Waals surface area (Å²) < 4.78 is 4.69. The Labute approximate surface area is 369 Å². The standard InChI is InChI=1S/C58H36N6/c59-35-38-23-25-39(26-24-38)56-54(63-50-21-9-7-17-46(50)48-33-42(27-29-52(48)63)44-19-11-31-61-57(44)40-13-3-1-4-14-40)36-60-37-55(56)64-51-22-10-8-18-47(51)49-34-43(28-30-53(49)64)45-20-12-32-62-58(45)41-15-5-2-6-16-41/h1-34,36-37H. The van der Waals surface area contributed by atoms with Crippen molar-refractivity contribution in [3.8, 4) is 73.3 Å². The lowest BCUT2D eigenvalue weighted by atomic mass is 9.98. The zero-order valence-corrected chi connectivity index (χ0v) is 34.5. The van der Waals surface area contributed by atoms with E-state index in [-0.39, 0.29) is 0 Å². The van der Waals surface area contributed by atoms with Crippen LogP contribution in [0.25, 0.3) is 111 Å². The first-order valence-corrected chi connectivity index (χ1v) is 21.3. The molecule has 298 valence electrons. The van der Waals surface area contributed by atoms with Gasteiger partial charge in [0.2, 0.25) is 0 Å². The summed E-state index contributed by atoms with van der Waals surface area (Å²) in [7, 11) is 0. The van der Waals surface area contributed by atoms with Crippen molar-refractivity contribution in [2.45, 2.75) is 0 Å². The van der Waals surface area contributed by atoms with E-state index in [1.807, 2.05) is 61.2 Å². The third-order valence-corrected chi connectivity index (χ3v) is 12.4. The second-order valence-electron chi connectivity index (χ2n) is 15.9. The third-order valence-electron chi connectivity index (χ3n) is 12.4. The molecule has 0 saturated heterocycles. The Bertz CT molecular complexity index is 3560. The Kier molecular flexibility index (Phi) is 8.77. The number of hydrogen-bond acceptors (Lipinski definition) is 4. The second-order valence-corrected chi connectivity index (χ2v) is 15.9. The Morgan fingerprint density at radius 2 is 0.812 bits per heavy atom. The monoisotopic (exact) mass is 816 g/mol. The average Bonchev–Trinajstić information content (AvgIpc) is 3.89. The van der Waals surface area contributed by atoms with Gasteiger partial charge >= 0.3 is 0 Å². The molecule has 12 aromatic rings. The predicted molar refractivity (Wildman–Crippen MR) is 260 cm³/mol. The highest BCUT2D eigenvalue weighted by Gasteiger charge is 2.23. The molecule has 0 saturated carbocycles. The van der Waals surface area contributed by atoms with E-state index < -0.39 is 0 Å². The minimum atomic E-state index is 0.602. The Morgan fingerprint density at radius 1 is 0.375 bits per heavy atom. The zero-order chi connectivity index (χ0) is 42.6. The minimum absolute atomic E-state index is 0.602. The molecule has 5 aromatic heterocycles. The van der Waals surface area contributed by atoms with Crippen molar-refractivity contribution in [2.24, 2.45) is 0 Å². The zero-order valence-electron chi connectivity index (χ0n) is 34.5. The third kappa shape index (κ3) is 5.99. The van der Waals surface area contributed by atoms with Crippen LogP contribution in [0.1, 0.15) is 5.56 Å². The molecule has 0 bridgehead atoms. The molecule has 0 aliphatic heterocycles. The topological polar surface area (TPSA) is 72.3 Å². The summed E-state index contributed by atoms with van der Waals surface area (Å²) in [4.78, 5) is 14.8. The van der Waals surface area contributed by atoms with Gasteiger partial charge in [0, 0.05) is 61.8 Å². The largest absolute Gasteiger partial charge is 0.307 e. The molecule has 0 spiro atoms. The fraction of sp³-hybridized carbons (Fsp3) is 0. The molecule has 0 atom stereocenters. The van der Waals surface area contributed by atoms with Crippen LogP contribution in [0.4, 0.5) is 0 Å². The van der Waals surface area contributed by atoms with Gasteiger partial charge in [-0.2, -0.15) is 5.26 Å². The van der Waals surface area contributed by atoms with E-state index in [4.69, 9.17) is 15.0 Å². The van der Waals surface area contributed by atoms with Crippen LogP contribution in [0, 0.1) is 11.3 Å².